The average molecular weight is 227 g/mol. The Hall–Kier alpha value is -2.12. The van der Waals surface area contributed by atoms with Gasteiger partial charge >= 0.3 is 6.18 Å². The van der Waals surface area contributed by atoms with Gasteiger partial charge in [-0.2, -0.15) is 13.2 Å². The molecule has 16 heavy (non-hydrogen) atoms. The summed E-state index contributed by atoms with van der Waals surface area (Å²) in [6.45, 7) is 0. The molecule has 0 unspecified atom stereocenters. The van der Waals surface area contributed by atoms with Gasteiger partial charge < -0.3 is 0 Å². The number of halogens is 3. The lowest BCUT2D eigenvalue weighted by atomic mass is 10.3. The van der Waals surface area contributed by atoms with Crippen LogP contribution in [0.15, 0.2) is 24.4 Å². The minimum absolute atomic E-state index is 0.0476. The van der Waals surface area contributed by atoms with E-state index in [9.17, 15) is 13.2 Å². The van der Waals surface area contributed by atoms with Crippen molar-refractivity contribution in [3.8, 4) is 11.5 Å². The molecule has 0 aliphatic heterocycles. The van der Waals surface area contributed by atoms with E-state index in [1.807, 2.05) is 0 Å². The zero-order chi connectivity index (χ0) is 11.6. The summed E-state index contributed by atoms with van der Waals surface area (Å²) in [6, 6.07) is 4.86. The van der Waals surface area contributed by atoms with Crippen LogP contribution >= 0.6 is 0 Å². The van der Waals surface area contributed by atoms with Crippen molar-refractivity contribution in [1.29, 1.82) is 0 Å². The number of hydrogen-bond acceptors (Lipinski definition) is 5. The molecule has 2 aromatic heterocycles. The van der Waals surface area contributed by atoms with Crippen molar-refractivity contribution in [2.75, 3.05) is 0 Å². The summed E-state index contributed by atoms with van der Waals surface area (Å²) in [5.41, 5.74) is 0.316. The van der Waals surface area contributed by atoms with E-state index in [1.165, 1.54) is 6.20 Å². The van der Waals surface area contributed by atoms with Gasteiger partial charge in [0.05, 0.1) is 0 Å². The fourth-order valence-electron chi connectivity index (χ4n) is 0.940. The van der Waals surface area contributed by atoms with Crippen molar-refractivity contribution < 1.29 is 13.2 Å². The third-order valence-electron chi connectivity index (χ3n) is 1.63. The Morgan fingerprint density at radius 1 is 0.938 bits per heavy atom. The van der Waals surface area contributed by atoms with Gasteiger partial charge in [-0.05, 0) is 12.1 Å². The predicted octanol–water partition coefficient (Wildman–Crippen LogP) is 1.35. The molecule has 2 rings (SSSR count). The van der Waals surface area contributed by atoms with E-state index >= 15 is 0 Å². The molecular formula is C8H4F3N5. The molecule has 0 fully saturated rings. The molecule has 0 atom stereocenters. The van der Waals surface area contributed by atoms with Crippen molar-refractivity contribution >= 4 is 0 Å². The molecular weight excluding hydrogens is 223 g/mol. The number of hydrogen-bond donors (Lipinski definition) is 0. The maximum Gasteiger partial charge on any atom is 0.455 e. The van der Waals surface area contributed by atoms with Gasteiger partial charge in [0, 0.05) is 6.20 Å². The predicted molar refractivity (Wildman–Crippen MR) is 45.9 cm³/mol. The van der Waals surface area contributed by atoms with Gasteiger partial charge in [0.15, 0.2) is 0 Å². The average Bonchev–Trinajstić information content (AvgIpc) is 2.29. The maximum absolute atomic E-state index is 12.1. The molecule has 82 valence electrons. The van der Waals surface area contributed by atoms with Crippen molar-refractivity contribution in [2.45, 2.75) is 6.18 Å². The molecule has 0 aromatic carbocycles. The Morgan fingerprint density at radius 2 is 1.62 bits per heavy atom. The normalized spacial score (nSPS) is 11.4. The van der Waals surface area contributed by atoms with Crippen LogP contribution in [0, 0.1) is 0 Å². The van der Waals surface area contributed by atoms with Crippen LogP contribution in [0.4, 0.5) is 13.2 Å². The van der Waals surface area contributed by atoms with E-state index < -0.39 is 12.0 Å². The van der Waals surface area contributed by atoms with E-state index in [4.69, 9.17) is 0 Å². The van der Waals surface area contributed by atoms with Crippen LogP contribution in [0.1, 0.15) is 5.82 Å². The second-order valence-corrected chi connectivity index (χ2v) is 2.76. The van der Waals surface area contributed by atoms with Crippen molar-refractivity contribution in [1.82, 2.24) is 25.4 Å². The minimum Gasteiger partial charge on any atom is -0.253 e. The molecule has 5 nitrogen and oxygen atoms in total. The molecule has 0 amide bonds. The molecule has 0 saturated carbocycles. The summed E-state index contributed by atoms with van der Waals surface area (Å²) in [6.07, 6.45) is -3.17. The fraction of sp³-hybridized carbons (Fsp3) is 0.125. The Kier molecular flexibility index (Phi) is 2.47. The van der Waals surface area contributed by atoms with E-state index in [-0.39, 0.29) is 5.82 Å². The van der Waals surface area contributed by atoms with Gasteiger partial charge in [0.2, 0.25) is 5.82 Å². The van der Waals surface area contributed by atoms with Crippen LogP contribution in [-0.2, 0) is 6.18 Å². The van der Waals surface area contributed by atoms with Crippen molar-refractivity contribution in [3.05, 3.63) is 30.2 Å². The number of nitrogens with zero attached hydrogens (tertiary/aromatic N) is 5. The van der Waals surface area contributed by atoms with E-state index in [0.29, 0.717) is 5.69 Å². The van der Waals surface area contributed by atoms with E-state index in [1.54, 1.807) is 18.2 Å². The molecule has 0 aliphatic rings. The second kappa shape index (κ2) is 3.80. The van der Waals surface area contributed by atoms with Gasteiger partial charge in [-0.3, -0.25) is 4.98 Å². The number of rotatable bonds is 1. The second-order valence-electron chi connectivity index (χ2n) is 2.76. The standard InChI is InChI=1S/C8H4F3N5/c9-8(10,11)7-15-13-6(14-16-7)5-3-1-2-4-12-5/h1-4H. The van der Waals surface area contributed by atoms with E-state index in [2.05, 4.69) is 25.4 Å². The molecule has 2 heterocycles. The summed E-state index contributed by atoms with van der Waals surface area (Å²) in [7, 11) is 0. The minimum atomic E-state index is -4.64. The summed E-state index contributed by atoms with van der Waals surface area (Å²) in [5.74, 6) is -1.42. The lowest BCUT2D eigenvalue weighted by molar-refractivity contribution is -0.146. The Morgan fingerprint density at radius 3 is 2.12 bits per heavy atom. The first-order valence-electron chi connectivity index (χ1n) is 4.13. The zero-order valence-electron chi connectivity index (χ0n) is 7.68. The molecule has 0 bridgehead atoms. The largest absolute Gasteiger partial charge is 0.455 e. The number of aromatic nitrogens is 5. The van der Waals surface area contributed by atoms with Gasteiger partial charge in [-0.1, -0.05) is 6.07 Å². The molecule has 0 radical (unpaired) electrons. The van der Waals surface area contributed by atoms with E-state index in [0.717, 1.165) is 0 Å². The number of pyridine rings is 1. The first kappa shape index (κ1) is 10.4. The highest BCUT2D eigenvalue weighted by atomic mass is 19.4. The highest BCUT2D eigenvalue weighted by Gasteiger charge is 2.36. The number of alkyl halides is 3. The lowest BCUT2D eigenvalue weighted by Gasteiger charge is -2.02. The smallest absolute Gasteiger partial charge is 0.253 e. The molecule has 0 aliphatic carbocycles. The van der Waals surface area contributed by atoms with Crippen LogP contribution < -0.4 is 0 Å². The summed E-state index contributed by atoms with van der Waals surface area (Å²) >= 11 is 0. The first-order valence-corrected chi connectivity index (χ1v) is 4.13. The Labute approximate surface area is 87.4 Å². The SMILES string of the molecule is FC(F)(F)c1nnc(-c2ccccn2)nn1. The highest BCUT2D eigenvalue weighted by molar-refractivity contribution is 5.46. The Balaban J connectivity index is 2.34. The zero-order valence-corrected chi connectivity index (χ0v) is 7.68. The van der Waals surface area contributed by atoms with Crippen LogP contribution in [0.2, 0.25) is 0 Å². The molecule has 2 aromatic rings. The fourth-order valence-corrected chi connectivity index (χ4v) is 0.940. The summed E-state index contributed by atoms with van der Waals surface area (Å²) < 4.78 is 36.3. The van der Waals surface area contributed by atoms with Crippen LogP contribution in [0.25, 0.3) is 11.5 Å². The molecule has 0 spiro atoms. The third-order valence-corrected chi connectivity index (χ3v) is 1.63. The monoisotopic (exact) mass is 227 g/mol. The highest BCUT2D eigenvalue weighted by Crippen LogP contribution is 2.24. The lowest BCUT2D eigenvalue weighted by Crippen LogP contribution is -2.14. The van der Waals surface area contributed by atoms with Crippen LogP contribution in [-0.4, -0.2) is 25.4 Å². The maximum atomic E-state index is 12.1. The molecule has 0 saturated heterocycles. The van der Waals surface area contributed by atoms with Crippen LogP contribution in [0.5, 0.6) is 0 Å². The van der Waals surface area contributed by atoms with Gasteiger partial charge in [0.1, 0.15) is 5.69 Å². The Bertz CT molecular complexity index is 467. The molecule has 0 N–H and O–H groups in total. The first-order chi connectivity index (χ1) is 7.57. The third kappa shape index (κ3) is 2.10. The van der Waals surface area contributed by atoms with Gasteiger partial charge in [0.25, 0.3) is 5.82 Å². The topological polar surface area (TPSA) is 64.5 Å². The summed E-state index contributed by atoms with van der Waals surface area (Å²) in [5, 5.41) is 12.5. The van der Waals surface area contributed by atoms with Gasteiger partial charge in [-0.15, -0.1) is 20.4 Å². The van der Waals surface area contributed by atoms with Gasteiger partial charge in [-0.25, -0.2) is 0 Å². The summed E-state index contributed by atoms with van der Waals surface area (Å²) in [4.78, 5) is 3.85. The van der Waals surface area contributed by atoms with Crippen LogP contribution in [0.3, 0.4) is 0 Å². The van der Waals surface area contributed by atoms with Crippen molar-refractivity contribution in [2.24, 2.45) is 0 Å². The van der Waals surface area contributed by atoms with Crippen molar-refractivity contribution in [3.63, 3.8) is 0 Å². The quantitative estimate of drug-likeness (QED) is 0.735. The molecule has 8 heteroatoms.